The Morgan fingerprint density at radius 1 is 0.788 bits per heavy atom. The Morgan fingerprint density at radius 3 is 2.03 bits per heavy atom. The van der Waals surface area contributed by atoms with Gasteiger partial charge in [0.2, 0.25) is 0 Å². The van der Waals surface area contributed by atoms with E-state index in [1.165, 1.54) is 0 Å². The summed E-state index contributed by atoms with van der Waals surface area (Å²) in [6.45, 7) is 3.38. The van der Waals surface area contributed by atoms with Crippen LogP contribution in [0.25, 0.3) is 0 Å². The van der Waals surface area contributed by atoms with Crippen LogP contribution < -0.4 is 0 Å². The second-order valence-corrected chi connectivity index (χ2v) is 10.1. The first-order valence-electron chi connectivity index (χ1n) is 11.3. The van der Waals surface area contributed by atoms with Gasteiger partial charge >= 0.3 is 0 Å². The van der Waals surface area contributed by atoms with E-state index in [9.17, 15) is 8.42 Å². The zero-order valence-corrected chi connectivity index (χ0v) is 19.6. The third-order valence-corrected chi connectivity index (χ3v) is 7.28. The molecule has 0 bridgehead atoms. The summed E-state index contributed by atoms with van der Waals surface area (Å²) >= 11 is 0. The maximum Gasteiger partial charge on any atom is 0.297 e. The van der Waals surface area contributed by atoms with Crippen LogP contribution in [0.1, 0.15) is 29.5 Å². The van der Waals surface area contributed by atoms with E-state index >= 15 is 0 Å². The molecule has 0 saturated heterocycles. The third kappa shape index (κ3) is 6.74. The molecule has 5 nitrogen and oxygen atoms in total. The van der Waals surface area contributed by atoms with Gasteiger partial charge in [-0.2, -0.15) is 8.42 Å². The average molecular weight is 467 g/mol. The molecular formula is C27H30O5S. The van der Waals surface area contributed by atoms with Gasteiger partial charge in [0, 0.05) is 12.3 Å². The fourth-order valence-corrected chi connectivity index (χ4v) is 5.21. The van der Waals surface area contributed by atoms with Gasteiger partial charge in [-0.3, -0.25) is 4.18 Å². The lowest BCUT2D eigenvalue weighted by molar-refractivity contribution is -0.0194. The van der Waals surface area contributed by atoms with Gasteiger partial charge in [-0.1, -0.05) is 78.4 Å². The minimum Gasteiger partial charge on any atom is -0.376 e. The van der Waals surface area contributed by atoms with Crippen molar-refractivity contribution in [1.29, 1.82) is 0 Å². The normalized spacial score (nSPS) is 20.7. The maximum absolute atomic E-state index is 12.8. The highest BCUT2D eigenvalue weighted by atomic mass is 32.2. The second kappa shape index (κ2) is 11.1. The lowest BCUT2D eigenvalue weighted by Gasteiger charge is -2.20. The van der Waals surface area contributed by atoms with E-state index in [4.69, 9.17) is 13.7 Å². The summed E-state index contributed by atoms with van der Waals surface area (Å²) in [4.78, 5) is 0.179. The van der Waals surface area contributed by atoms with Crippen LogP contribution in [0, 0.1) is 12.8 Å². The Hall–Kier alpha value is -2.51. The van der Waals surface area contributed by atoms with E-state index in [1.54, 1.807) is 24.3 Å². The van der Waals surface area contributed by atoms with Crippen molar-refractivity contribution in [2.24, 2.45) is 5.92 Å². The van der Waals surface area contributed by atoms with Gasteiger partial charge in [0.1, 0.15) is 0 Å². The molecule has 33 heavy (non-hydrogen) atoms. The quantitative estimate of drug-likeness (QED) is 0.381. The molecule has 3 unspecified atom stereocenters. The lowest BCUT2D eigenvalue weighted by atomic mass is 10.1. The summed E-state index contributed by atoms with van der Waals surface area (Å²) < 4.78 is 43.4. The van der Waals surface area contributed by atoms with Gasteiger partial charge < -0.3 is 9.47 Å². The van der Waals surface area contributed by atoms with E-state index in [-0.39, 0.29) is 16.9 Å². The molecule has 4 rings (SSSR count). The molecule has 3 aromatic carbocycles. The first kappa shape index (κ1) is 23.6. The van der Waals surface area contributed by atoms with Crippen molar-refractivity contribution < 1.29 is 22.1 Å². The Labute approximate surface area is 196 Å². The third-order valence-electron chi connectivity index (χ3n) is 5.91. The summed E-state index contributed by atoms with van der Waals surface area (Å²) in [7, 11) is -3.83. The molecule has 0 spiro atoms. The molecule has 3 aromatic rings. The predicted molar refractivity (Wildman–Crippen MR) is 127 cm³/mol. The molecule has 0 aromatic heterocycles. The first-order chi connectivity index (χ1) is 16.0. The Kier molecular flexibility index (Phi) is 7.93. The zero-order chi connectivity index (χ0) is 23.1. The highest BCUT2D eigenvalue weighted by molar-refractivity contribution is 7.86. The summed E-state index contributed by atoms with van der Waals surface area (Å²) in [5, 5.41) is 0. The number of aryl methyl sites for hydroxylation is 1. The lowest BCUT2D eigenvalue weighted by Crippen LogP contribution is -2.22. The summed E-state index contributed by atoms with van der Waals surface area (Å²) in [6, 6.07) is 26.7. The van der Waals surface area contributed by atoms with Gasteiger partial charge in [-0.15, -0.1) is 0 Å². The molecule has 3 atom stereocenters. The van der Waals surface area contributed by atoms with Crippen molar-refractivity contribution >= 4 is 10.1 Å². The minimum atomic E-state index is -3.83. The number of hydrogen-bond donors (Lipinski definition) is 0. The number of ether oxygens (including phenoxy) is 2. The fourth-order valence-electron chi connectivity index (χ4n) is 4.11. The Morgan fingerprint density at radius 2 is 1.39 bits per heavy atom. The molecule has 174 valence electrons. The van der Waals surface area contributed by atoms with E-state index in [2.05, 4.69) is 0 Å². The van der Waals surface area contributed by atoms with Gasteiger partial charge in [-0.25, -0.2) is 0 Å². The summed E-state index contributed by atoms with van der Waals surface area (Å²) in [6.07, 6.45) is 0.498. The molecule has 0 N–H and O–H groups in total. The first-order valence-corrected chi connectivity index (χ1v) is 12.7. The van der Waals surface area contributed by atoms with Crippen LogP contribution in [-0.4, -0.2) is 27.2 Å². The van der Waals surface area contributed by atoms with Gasteiger partial charge in [0.05, 0.1) is 36.9 Å². The molecule has 0 aliphatic heterocycles. The topological polar surface area (TPSA) is 61.8 Å². The molecule has 1 aliphatic carbocycles. The molecule has 0 heterocycles. The smallest absolute Gasteiger partial charge is 0.297 e. The highest BCUT2D eigenvalue weighted by Crippen LogP contribution is 2.34. The van der Waals surface area contributed by atoms with Crippen LogP contribution in [-0.2, 0) is 37.0 Å². The Balaban J connectivity index is 1.40. The average Bonchev–Trinajstić information content (AvgIpc) is 3.20. The van der Waals surface area contributed by atoms with Crippen molar-refractivity contribution in [3.05, 3.63) is 102 Å². The van der Waals surface area contributed by atoms with Crippen LogP contribution in [0.4, 0.5) is 0 Å². The molecule has 0 amide bonds. The number of rotatable bonds is 10. The minimum absolute atomic E-state index is 0.0515. The Bertz CT molecular complexity index is 1100. The van der Waals surface area contributed by atoms with Crippen molar-refractivity contribution in [1.82, 2.24) is 0 Å². The predicted octanol–water partition coefficient (Wildman–Crippen LogP) is 5.28. The standard InChI is InChI=1S/C27H30O5S/c1-21-12-14-26(15-13-21)33(28,29)32-25-16-24(20-30-18-22-8-4-2-5-9-22)27(17-25)31-19-23-10-6-3-7-11-23/h2-15,24-25,27H,16-20H2,1H3. The van der Waals surface area contributed by atoms with E-state index in [1.807, 2.05) is 67.6 Å². The van der Waals surface area contributed by atoms with Crippen molar-refractivity contribution in [3.8, 4) is 0 Å². The van der Waals surface area contributed by atoms with E-state index < -0.39 is 16.2 Å². The SMILES string of the molecule is Cc1ccc(S(=O)(=O)OC2CC(COCc3ccccc3)C(OCc3ccccc3)C2)cc1. The molecule has 6 heteroatoms. The van der Waals surface area contributed by atoms with Crippen molar-refractivity contribution in [2.75, 3.05) is 6.61 Å². The second-order valence-electron chi connectivity index (χ2n) is 8.55. The van der Waals surface area contributed by atoms with Gasteiger partial charge in [0.15, 0.2) is 0 Å². The van der Waals surface area contributed by atoms with Crippen LogP contribution in [0.15, 0.2) is 89.8 Å². The number of hydrogen-bond acceptors (Lipinski definition) is 5. The highest BCUT2D eigenvalue weighted by Gasteiger charge is 2.38. The fraction of sp³-hybridized carbons (Fsp3) is 0.333. The molecule has 1 aliphatic rings. The largest absolute Gasteiger partial charge is 0.376 e. The van der Waals surface area contributed by atoms with Crippen LogP contribution >= 0.6 is 0 Å². The van der Waals surface area contributed by atoms with E-state index in [0.29, 0.717) is 32.7 Å². The molecular weight excluding hydrogens is 436 g/mol. The van der Waals surface area contributed by atoms with Gasteiger partial charge in [0.25, 0.3) is 10.1 Å². The molecule has 1 fully saturated rings. The van der Waals surface area contributed by atoms with Gasteiger partial charge in [-0.05, 0) is 36.6 Å². The molecule has 1 saturated carbocycles. The monoisotopic (exact) mass is 466 g/mol. The van der Waals surface area contributed by atoms with Crippen LogP contribution in [0.3, 0.4) is 0 Å². The maximum atomic E-state index is 12.8. The number of benzene rings is 3. The zero-order valence-electron chi connectivity index (χ0n) is 18.8. The molecule has 0 radical (unpaired) electrons. The van der Waals surface area contributed by atoms with Crippen molar-refractivity contribution in [2.45, 2.75) is 50.1 Å². The van der Waals surface area contributed by atoms with Crippen LogP contribution in [0.2, 0.25) is 0 Å². The summed E-state index contributed by atoms with van der Waals surface area (Å²) in [5.74, 6) is 0.0515. The van der Waals surface area contributed by atoms with Crippen molar-refractivity contribution in [3.63, 3.8) is 0 Å². The van der Waals surface area contributed by atoms with E-state index in [0.717, 1.165) is 16.7 Å². The summed E-state index contributed by atoms with van der Waals surface area (Å²) in [5.41, 5.74) is 3.19. The van der Waals surface area contributed by atoms with Crippen LogP contribution in [0.5, 0.6) is 0 Å².